The monoisotopic (exact) mass is 462 g/mol. The molecule has 2 aromatic carbocycles. The van der Waals surface area contributed by atoms with E-state index in [4.69, 9.17) is 4.74 Å². The Morgan fingerprint density at radius 1 is 1.27 bits per heavy atom. The fourth-order valence-corrected chi connectivity index (χ4v) is 4.10. The van der Waals surface area contributed by atoms with Crippen LogP contribution >= 0.6 is 0 Å². The second-order valence-electron chi connectivity index (χ2n) is 8.19. The number of nitrogens with one attached hydrogen (secondary N) is 1. The van der Waals surface area contributed by atoms with Crippen LogP contribution in [0.5, 0.6) is 5.75 Å². The summed E-state index contributed by atoms with van der Waals surface area (Å²) in [4.78, 5) is 12.6. The summed E-state index contributed by atoms with van der Waals surface area (Å²) in [5, 5.41) is 15.3. The Morgan fingerprint density at radius 2 is 1.97 bits per heavy atom. The summed E-state index contributed by atoms with van der Waals surface area (Å²) in [7, 11) is 1.53. The maximum atomic E-state index is 12.9. The van der Waals surface area contributed by atoms with Gasteiger partial charge in [0.05, 0.1) is 29.4 Å². The van der Waals surface area contributed by atoms with E-state index < -0.39 is 22.4 Å². The highest BCUT2D eigenvalue weighted by atomic mass is 19.4. The van der Waals surface area contributed by atoms with Gasteiger partial charge in [0, 0.05) is 35.5 Å². The van der Waals surface area contributed by atoms with Crippen LogP contribution < -0.4 is 15.1 Å². The number of nitro groups is 1. The van der Waals surface area contributed by atoms with Crippen molar-refractivity contribution in [2.75, 3.05) is 24.0 Å². The molecule has 0 aliphatic carbocycles. The molecule has 1 heterocycles. The number of nitro benzene ring substituents is 1. The quantitative estimate of drug-likeness (QED) is 0.319. The third-order valence-electron chi connectivity index (χ3n) is 5.56. The van der Waals surface area contributed by atoms with Crippen LogP contribution in [-0.2, 0) is 6.18 Å². The lowest BCUT2D eigenvalue weighted by atomic mass is 9.88. The molecule has 0 aromatic heterocycles. The van der Waals surface area contributed by atoms with Gasteiger partial charge in [-0.1, -0.05) is 6.08 Å². The summed E-state index contributed by atoms with van der Waals surface area (Å²) in [6.45, 7) is 9.14. The fourth-order valence-electron chi connectivity index (χ4n) is 4.10. The van der Waals surface area contributed by atoms with Gasteiger partial charge in [0.1, 0.15) is 11.4 Å². The van der Waals surface area contributed by atoms with Crippen LogP contribution in [0.4, 0.5) is 30.2 Å². The lowest BCUT2D eigenvalue weighted by Gasteiger charge is -2.43. The molecule has 0 fully saturated rings. The maximum Gasteiger partial charge on any atom is 0.416 e. The van der Waals surface area contributed by atoms with Crippen molar-refractivity contribution in [1.82, 2.24) is 0 Å². The van der Waals surface area contributed by atoms with E-state index in [0.717, 1.165) is 35.5 Å². The molecule has 1 aliphatic heterocycles. The van der Waals surface area contributed by atoms with E-state index in [9.17, 15) is 23.3 Å². The highest BCUT2D eigenvalue weighted by molar-refractivity contribution is 5.91. The third kappa shape index (κ3) is 4.79. The van der Waals surface area contributed by atoms with Crippen LogP contribution in [0.25, 0.3) is 5.57 Å². The molecular weight excluding hydrogens is 437 g/mol. The van der Waals surface area contributed by atoms with E-state index in [1.807, 2.05) is 19.1 Å². The summed E-state index contributed by atoms with van der Waals surface area (Å²) < 4.78 is 44.2. The van der Waals surface area contributed by atoms with Crippen LogP contribution in [-0.4, -0.2) is 30.3 Å². The van der Waals surface area contributed by atoms with Crippen LogP contribution in [0.3, 0.4) is 0 Å². The van der Waals surface area contributed by atoms with Gasteiger partial charge < -0.3 is 9.64 Å². The molecule has 7 nitrogen and oxygen atoms in total. The van der Waals surface area contributed by atoms with Crippen molar-refractivity contribution in [2.24, 2.45) is 5.10 Å². The molecule has 2 aromatic rings. The lowest BCUT2D eigenvalue weighted by Crippen LogP contribution is -2.44. The molecule has 0 amide bonds. The SMILES string of the molecule is CCN1c2cc(OC)c(/C=N/Nc3ccc(C(F)(F)F)cc3[N+](=O)[O-])cc2C(C)=CC1(C)C. The van der Waals surface area contributed by atoms with Gasteiger partial charge in [0.2, 0.25) is 0 Å². The molecule has 176 valence electrons. The van der Waals surface area contributed by atoms with Crippen molar-refractivity contribution in [1.29, 1.82) is 0 Å². The van der Waals surface area contributed by atoms with Gasteiger partial charge in [0.25, 0.3) is 5.69 Å². The highest BCUT2D eigenvalue weighted by Gasteiger charge is 2.33. The predicted molar refractivity (Wildman–Crippen MR) is 123 cm³/mol. The Balaban J connectivity index is 1.96. The number of halogens is 3. The topological polar surface area (TPSA) is 80.0 Å². The molecule has 0 atom stereocenters. The maximum absolute atomic E-state index is 12.9. The molecular formula is C23H25F3N4O3. The molecule has 10 heteroatoms. The van der Waals surface area contributed by atoms with Gasteiger partial charge in [0.15, 0.2) is 0 Å². The van der Waals surface area contributed by atoms with Crippen LogP contribution in [0.1, 0.15) is 44.4 Å². The van der Waals surface area contributed by atoms with E-state index in [1.54, 1.807) is 0 Å². The van der Waals surface area contributed by atoms with Gasteiger partial charge in [-0.3, -0.25) is 15.5 Å². The summed E-state index contributed by atoms with van der Waals surface area (Å²) in [6, 6.07) is 6.05. The second kappa shape index (κ2) is 8.76. The van der Waals surface area contributed by atoms with Crippen molar-refractivity contribution < 1.29 is 22.8 Å². The first-order valence-electron chi connectivity index (χ1n) is 10.2. The number of hydrazone groups is 1. The standard InChI is InChI=1S/C23H25F3N4O3/c1-6-29-19-11-21(33-5)15(9-17(19)14(2)12-22(29,3)4)13-27-28-18-8-7-16(23(24,25)26)10-20(18)30(31)32/h7-13,28H,6H2,1-5H3/b27-13+. The lowest BCUT2D eigenvalue weighted by molar-refractivity contribution is -0.384. The Hall–Kier alpha value is -3.56. The van der Waals surface area contributed by atoms with Gasteiger partial charge in [-0.05, 0) is 51.5 Å². The number of alkyl halides is 3. The summed E-state index contributed by atoms with van der Waals surface area (Å²) >= 11 is 0. The summed E-state index contributed by atoms with van der Waals surface area (Å²) in [5.41, 5.74) is 4.04. The fraction of sp³-hybridized carbons (Fsp3) is 0.348. The number of rotatable bonds is 6. The number of methoxy groups -OCH3 is 1. The zero-order valence-electron chi connectivity index (χ0n) is 18.9. The molecule has 1 aliphatic rings. The van der Waals surface area contributed by atoms with Crippen LogP contribution in [0.2, 0.25) is 0 Å². The van der Waals surface area contributed by atoms with Crippen molar-refractivity contribution >= 4 is 28.8 Å². The number of anilines is 2. The van der Waals surface area contributed by atoms with Gasteiger partial charge in [-0.25, -0.2) is 0 Å². The van der Waals surface area contributed by atoms with E-state index in [-0.39, 0.29) is 11.2 Å². The Morgan fingerprint density at radius 3 is 2.55 bits per heavy atom. The molecule has 0 spiro atoms. The first-order chi connectivity index (χ1) is 15.4. The van der Waals surface area contributed by atoms with Gasteiger partial charge in [-0.15, -0.1) is 0 Å². The first kappa shape index (κ1) is 24.1. The molecule has 33 heavy (non-hydrogen) atoms. The number of hydrogen-bond acceptors (Lipinski definition) is 6. The molecule has 0 saturated carbocycles. The van der Waals surface area contributed by atoms with Gasteiger partial charge in [-0.2, -0.15) is 18.3 Å². The van der Waals surface area contributed by atoms with Crippen molar-refractivity contribution in [3.05, 3.63) is 63.2 Å². The average Bonchev–Trinajstić information content (AvgIpc) is 2.72. The number of ether oxygens (including phenoxy) is 1. The van der Waals surface area contributed by atoms with E-state index in [2.05, 4.69) is 42.3 Å². The second-order valence-corrected chi connectivity index (χ2v) is 8.19. The number of hydrogen-bond donors (Lipinski definition) is 1. The third-order valence-corrected chi connectivity index (χ3v) is 5.56. The zero-order valence-corrected chi connectivity index (χ0v) is 18.9. The minimum atomic E-state index is -4.69. The normalized spacial score (nSPS) is 15.3. The average molecular weight is 462 g/mol. The predicted octanol–water partition coefficient (Wildman–Crippen LogP) is 6.09. The van der Waals surface area contributed by atoms with Crippen LogP contribution in [0.15, 0.2) is 41.5 Å². The number of nitrogens with zero attached hydrogens (tertiary/aromatic N) is 3. The Kier molecular flexibility index (Phi) is 6.40. The molecule has 0 bridgehead atoms. The van der Waals surface area contributed by atoms with E-state index in [1.165, 1.54) is 13.3 Å². The molecule has 0 radical (unpaired) electrons. The molecule has 3 rings (SSSR count). The van der Waals surface area contributed by atoms with Crippen molar-refractivity contribution in [3.8, 4) is 5.75 Å². The first-order valence-corrected chi connectivity index (χ1v) is 10.2. The molecule has 0 saturated heterocycles. The number of allylic oxidation sites excluding steroid dienone is 1. The number of fused-ring (bicyclic) bond motifs is 1. The van der Waals surface area contributed by atoms with E-state index >= 15 is 0 Å². The van der Waals surface area contributed by atoms with Gasteiger partial charge >= 0.3 is 6.18 Å². The summed E-state index contributed by atoms with van der Waals surface area (Å²) in [5.74, 6) is 0.546. The Bertz CT molecular complexity index is 1140. The summed E-state index contributed by atoms with van der Waals surface area (Å²) in [6.07, 6.45) is -1.09. The van der Waals surface area contributed by atoms with E-state index in [0.29, 0.717) is 17.4 Å². The smallest absolute Gasteiger partial charge is 0.416 e. The van der Waals surface area contributed by atoms with Crippen molar-refractivity contribution in [3.63, 3.8) is 0 Å². The van der Waals surface area contributed by atoms with Crippen LogP contribution in [0, 0.1) is 10.1 Å². The minimum absolute atomic E-state index is 0.156. The molecule has 0 unspecified atom stereocenters. The molecule has 1 N–H and O–H groups in total. The zero-order chi connectivity index (χ0) is 24.6. The number of likely N-dealkylation sites (N-methyl/N-ethyl adjacent to an activating group) is 1. The highest BCUT2D eigenvalue weighted by Crippen LogP contribution is 2.41. The van der Waals surface area contributed by atoms with Crippen molar-refractivity contribution in [2.45, 2.75) is 39.4 Å². The minimum Gasteiger partial charge on any atom is -0.496 e. The largest absolute Gasteiger partial charge is 0.496 e. The number of benzene rings is 2. The Labute approximate surface area is 189 Å².